The minimum absolute atomic E-state index is 0.00741. The third kappa shape index (κ3) is 7.10. The van der Waals surface area contributed by atoms with Gasteiger partial charge in [-0.2, -0.15) is 0 Å². The number of rotatable bonds is 12. The molecule has 2 rings (SSSR count). The molecule has 0 heterocycles. The number of amides is 1. The Morgan fingerprint density at radius 2 is 1.33 bits per heavy atom. The number of aliphatic carboxylic acids is 1. The Kier molecular flexibility index (Phi) is 8.71. The number of phenols is 2. The molecule has 2 aromatic carbocycles. The molecule has 0 saturated carbocycles. The number of nitrogens with one attached hydrogen (secondary N) is 1. The fraction of sp³-hybridized carbons (Fsp3) is 0.417. The lowest BCUT2D eigenvalue weighted by atomic mass is 9.72. The van der Waals surface area contributed by atoms with Gasteiger partial charge in [0.1, 0.15) is 11.5 Å². The minimum atomic E-state index is -0.788. The summed E-state index contributed by atoms with van der Waals surface area (Å²) in [7, 11) is 0. The maximum absolute atomic E-state index is 12.2. The summed E-state index contributed by atoms with van der Waals surface area (Å²) in [4.78, 5) is 22.6. The molecule has 1 amide bonds. The number of carboxylic acids is 1. The van der Waals surface area contributed by atoms with Gasteiger partial charge in [0.2, 0.25) is 5.91 Å². The number of phenolic OH excluding ortho intramolecular Hbond substituents is 2. The second kappa shape index (κ2) is 11.2. The predicted octanol–water partition coefficient (Wildman–Crippen LogP) is 4.34. The van der Waals surface area contributed by atoms with E-state index in [1.54, 1.807) is 24.3 Å². The number of carbonyl (C=O) groups is 2. The van der Waals surface area contributed by atoms with Crippen LogP contribution in [0.2, 0.25) is 0 Å². The van der Waals surface area contributed by atoms with Gasteiger partial charge in [-0.1, -0.05) is 37.6 Å². The summed E-state index contributed by atoms with van der Waals surface area (Å²) in [5, 5.41) is 30.8. The predicted molar refractivity (Wildman–Crippen MR) is 116 cm³/mol. The Morgan fingerprint density at radius 1 is 0.800 bits per heavy atom. The molecule has 0 aromatic heterocycles. The average Bonchev–Trinajstić information content (AvgIpc) is 2.71. The summed E-state index contributed by atoms with van der Waals surface area (Å²) in [6.07, 6.45) is 4.17. The third-order valence-electron chi connectivity index (χ3n) is 5.48. The molecule has 0 atom stereocenters. The summed E-state index contributed by atoms with van der Waals surface area (Å²) in [6, 6.07) is 14.2. The summed E-state index contributed by atoms with van der Waals surface area (Å²) in [5.41, 5.74) is 1.70. The first-order valence-corrected chi connectivity index (χ1v) is 10.4. The number of aromatic hydroxyl groups is 2. The maximum Gasteiger partial charge on any atom is 0.303 e. The molecule has 0 spiro atoms. The van der Waals surface area contributed by atoms with Crippen LogP contribution >= 0.6 is 0 Å². The summed E-state index contributed by atoms with van der Waals surface area (Å²) in [5.74, 6) is -0.389. The monoisotopic (exact) mass is 413 g/mol. The van der Waals surface area contributed by atoms with Crippen LogP contribution in [0.5, 0.6) is 11.5 Å². The van der Waals surface area contributed by atoms with E-state index in [-0.39, 0.29) is 29.2 Å². The molecule has 0 saturated heterocycles. The van der Waals surface area contributed by atoms with E-state index in [0.717, 1.165) is 30.4 Å². The van der Waals surface area contributed by atoms with Crippen molar-refractivity contribution in [2.45, 2.75) is 57.3 Å². The van der Waals surface area contributed by atoms with Crippen LogP contribution in [-0.4, -0.2) is 33.7 Å². The van der Waals surface area contributed by atoms with Crippen molar-refractivity contribution in [3.63, 3.8) is 0 Å². The molecule has 0 radical (unpaired) electrons. The fourth-order valence-electron chi connectivity index (χ4n) is 3.61. The molecule has 2 aromatic rings. The Labute approximate surface area is 177 Å². The van der Waals surface area contributed by atoms with Crippen LogP contribution in [0.15, 0.2) is 48.5 Å². The van der Waals surface area contributed by atoms with Crippen molar-refractivity contribution in [3.8, 4) is 11.5 Å². The molecule has 162 valence electrons. The fourth-order valence-corrected chi connectivity index (χ4v) is 3.61. The van der Waals surface area contributed by atoms with Gasteiger partial charge >= 0.3 is 5.97 Å². The van der Waals surface area contributed by atoms with Gasteiger partial charge < -0.3 is 20.6 Å². The Hall–Kier alpha value is -3.02. The number of carboxylic acid groups (broad SMARTS) is 1. The molecule has 0 fully saturated rings. The number of unbranched alkanes of at least 4 members (excludes halogenated alkanes) is 2. The lowest BCUT2D eigenvalue weighted by molar-refractivity contribution is -0.137. The van der Waals surface area contributed by atoms with Crippen molar-refractivity contribution < 1.29 is 24.9 Å². The molecule has 0 aliphatic carbocycles. The first kappa shape index (κ1) is 23.3. The van der Waals surface area contributed by atoms with Crippen molar-refractivity contribution in [1.29, 1.82) is 0 Å². The second-order valence-corrected chi connectivity index (χ2v) is 7.83. The molecule has 0 aliphatic rings. The molecular formula is C24H31NO5. The lowest BCUT2D eigenvalue weighted by Crippen LogP contribution is -2.27. The van der Waals surface area contributed by atoms with Crippen molar-refractivity contribution in [3.05, 3.63) is 59.7 Å². The molecule has 0 unspecified atom stereocenters. The zero-order valence-corrected chi connectivity index (χ0v) is 17.4. The van der Waals surface area contributed by atoms with Gasteiger partial charge in [-0.25, -0.2) is 0 Å². The van der Waals surface area contributed by atoms with Gasteiger partial charge in [-0.3, -0.25) is 9.59 Å². The van der Waals surface area contributed by atoms with Crippen molar-refractivity contribution >= 4 is 11.9 Å². The van der Waals surface area contributed by atoms with Gasteiger partial charge in [0.05, 0.1) is 0 Å². The SMILES string of the molecule is CC(CCCC(=O)NCCCCCC(=O)O)(c1ccc(O)cc1)c1ccc(O)cc1. The second-order valence-electron chi connectivity index (χ2n) is 7.83. The van der Waals surface area contributed by atoms with Gasteiger partial charge in [-0.05, 0) is 61.1 Å². The highest BCUT2D eigenvalue weighted by molar-refractivity contribution is 5.75. The average molecular weight is 414 g/mol. The van der Waals surface area contributed by atoms with Crippen LogP contribution in [0, 0.1) is 0 Å². The van der Waals surface area contributed by atoms with Crippen molar-refractivity contribution in [2.24, 2.45) is 0 Å². The van der Waals surface area contributed by atoms with E-state index >= 15 is 0 Å². The van der Waals surface area contributed by atoms with Gasteiger partial charge in [-0.15, -0.1) is 0 Å². The summed E-state index contributed by atoms with van der Waals surface area (Å²) in [6.45, 7) is 2.66. The molecule has 30 heavy (non-hydrogen) atoms. The summed E-state index contributed by atoms with van der Waals surface area (Å²) < 4.78 is 0. The highest BCUT2D eigenvalue weighted by atomic mass is 16.4. The highest BCUT2D eigenvalue weighted by Crippen LogP contribution is 2.38. The number of hydrogen-bond acceptors (Lipinski definition) is 4. The maximum atomic E-state index is 12.2. The number of benzene rings is 2. The number of carbonyl (C=O) groups excluding carboxylic acids is 1. The van der Waals surface area contributed by atoms with Crippen molar-refractivity contribution in [1.82, 2.24) is 5.32 Å². The van der Waals surface area contributed by atoms with Crippen LogP contribution < -0.4 is 5.32 Å². The van der Waals surface area contributed by atoms with Gasteiger partial charge in [0, 0.05) is 24.8 Å². The van der Waals surface area contributed by atoms with E-state index in [4.69, 9.17) is 5.11 Å². The Bertz CT molecular complexity index is 769. The molecule has 4 N–H and O–H groups in total. The zero-order valence-electron chi connectivity index (χ0n) is 17.4. The van der Waals surface area contributed by atoms with Gasteiger partial charge in [0.25, 0.3) is 0 Å². The quantitative estimate of drug-likeness (QED) is 0.387. The normalized spacial score (nSPS) is 11.2. The first-order valence-electron chi connectivity index (χ1n) is 10.4. The molecule has 0 aliphatic heterocycles. The first-order chi connectivity index (χ1) is 14.3. The Morgan fingerprint density at radius 3 is 1.83 bits per heavy atom. The van der Waals surface area contributed by atoms with Crippen molar-refractivity contribution in [2.75, 3.05) is 6.54 Å². The van der Waals surface area contributed by atoms with Gasteiger partial charge in [0.15, 0.2) is 0 Å². The smallest absolute Gasteiger partial charge is 0.303 e. The van der Waals surface area contributed by atoms with Crippen LogP contribution in [0.25, 0.3) is 0 Å². The van der Waals surface area contributed by atoms with E-state index in [2.05, 4.69) is 12.2 Å². The molecular weight excluding hydrogens is 382 g/mol. The molecule has 0 bridgehead atoms. The standard InChI is InChI=1S/C24H31NO5/c1-24(18-8-12-20(26)13-9-18,19-10-14-21(27)15-11-19)16-5-6-22(28)25-17-4-2-3-7-23(29)30/h8-15,26-27H,2-7,16-17H2,1H3,(H,25,28)(H,29,30). The van der Waals surface area contributed by atoms with Crippen LogP contribution in [0.4, 0.5) is 0 Å². The third-order valence-corrected chi connectivity index (χ3v) is 5.48. The van der Waals surface area contributed by atoms with E-state index in [1.165, 1.54) is 0 Å². The van der Waals surface area contributed by atoms with E-state index in [9.17, 15) is 19.8 Å². The van der Waals surface area contributed by atoms with E-state index in [1.807, 2.05) is 24.3 Å². The number of hydrogen-bond donors (Lipinski definition) is 4. The zero-order chi connectivity index (χ0) is 22.0. The highest BCUT2D eigenvalue weighted by Gasteiger charge is 2.28. The minimum Gasteiger partial charge on any atom is -0.508 e. The summed E-state index contributed by atoms with van der Waals surface area (Å²) >= 11 is 0. The molecule has 6 heteroatoms. The van der Waals surface area contributed by atoms with Crippen LogP contribution in [0.1, 0.15) is 63.0 Å². The van der Waals surface area contributed by atoms with Crippen LogP contribution in [-0.2, 0) is 15.0 Å². The largest absolute Gasteiger partial charge is 0.508 e. The van der Waals surface area contributed by atoms with E-state index in [0.29, 0.717) is 25.8 Å². The van der Waals surface area contributed by atoms with Crippen LogP contribution in [0.3, 0.4) is 0 Å². The molecule has 6 nitrogen and oxygen atoms in total. The lowest BCUT2D eigenvalue weighted by Gasteiger charge is -2.31. The Balaban J connectivity index is 1.90. The van der Waals surface area contributed by atoms with E-state index < -0.39 is 5.97 Å². The topological polar surface area (TPSA) is 107 Å².